The Kier molecular flexibility index (Phi) is 4.16. The van der Waals surface area contributed by atoms with Gasteiger partial charge in [-0.05, 0) is 22.9 Å². The molecule has 2 aromatic rings. The molecule has 2 heterocycles. The van der Waals surface area contributed by atoms with Crippen LogP contribution in [-0.2, 0) is 14.3 Å². The molecule has 0 unspecified atom stereocenters. The number of hydrogen-bond donors (Lipinski definition) is 2. The molecule has 1 amide bonds. The number of anilines is 1. The molecule has 0 saturated carbocycles. The van der Waals surface area contributed by atoms with Gasteiger partial charge in [-0.15, -0.1) is 11.3 Å². The first-order valence-electron chi connectivity index (χ1n) is 5.32. The summed E-state index contributed by atoms with van der Waals surface area (Å²) in [6.45, 7) is 0. The third kappa shape index (κ3) is 2.86. The molecule has 0 aliphatic rings. The number of esters is 1. The molecule has 6 nitrogen and oxygen atoms in total. The van der Waals surface area contributed by atoms with E-state index in [-0.39, 0.29) is 10.6 Å². The third-order valence-corrected chi connectivity index (χ3v) is 4.20. The molecule has 0 saturated heterocycles. The molecule has 20 heavy (non-hydrogen) atoms. The van der Waals surface area contributed by atoms with E-state index in [2.05, 4.69) is 10.1 Å². The van der Waals surface area contributed by atoms with Crippen LogP contribution in [0.3, 0.4) is 0 Å². The Hall–Kier alpha value is -2.19. The van der Waals surface area contributed by atoms with Crippen molar-refractivity contribution >= 4 is 46.2 Å². The summed E-state index contributed by atoms with van der Waals surface area (Å²) in [6, 6.07) is 3.42. The number of thiophene rings is 2. The predicted octanol–water partition coefficient (Wildman–Crippen LogP) is 2.29. The minimum atomic E-state index is -1.62. The second-order valence-electron chi connectivity index (χ2n) is 3.62. The highest BCUT2D eigenvalue weighted by atomic mass is 32.1. The Morgan fingerprint density at radius 3 is 2.65 bits per heavy atom. The first-order chi connectivity index (χ1) is 9.52. The van der Waals surface area contributed by atoms with E-state index in [0.29, 0.717) is 0 Å². The van der Waals surface area contributed by atoms with Crippen molar-refractivity contribution in [1.29, 1.82) is 0 Å². The van der Waals surface area contributed by atoms with Gasteiger partial charge in [-0.1, -0.05) is 0 Å². The molecule has 0 radical (unpaired) electrons. The Morgan fingerprint density at radius 1 is 1.35 bits per heavy atom. The summed E-state index contributed by atoms with van der Waals surface area (Å²) in [4.78, 5) is 34.3. The van der Waals surface area contributed by atoms with Gasteiger partial charge in [0.25, 0.3) is 0 Å². The first-order valence-corrected chi connectivity index (χ1v) is 7.08. The van der Waals surface area contributed by atoms with E-state index >= 15 is 0 Å². The molecule has 0 atom stereocenters. The summed E-state index contributed by atoms with van der Waals surface area (Å²) >= 11 is 2.62. The minimum Gasteiger partial charge on any atom is -0.474 e. The Morgan fingerprint density at radius 2 is 2.10 bits per heavy atom. The molecule has 0 fully saturated rings. The van der Waals surface area contributed by atoms with E-state index in [1.165, 1.54) is 18.4 Å². The SMILES string of the molecule is COC(=O)c1sc(-c2ccsc2)cc1NC(=O)C(=O)O. The van der Waals surface area contributed by atoms with Gasteiger partial charge in [-0.2, -0.15) is 11.3 Å². The summed E-state index contributed by atoms with van der Waals surface area (Å²) in [5, 5.41) is 14.5. The van der Waals surface area contributed by atoms with Gasteiger partial charge in [0.2, 0.25) is 0 Å². The first kappa shape index (κ1) is 14.2. The number of amides is 1. The van der Waals surface area contributed by atoms with E-state index in [1.54, 1.807) is 6.07 Å². The molecule has 0 bridgehead atoms. The maximum absolute atomic E-state index is 11.7. The van der Waals surface area contributed by atoms with Gasteiger partial charge < -0.3 is 15.2 Å². The van der Waals surface area contributed by atoms with E-state index in [9.17, 15) is 14.4 Å². The molecular formula is C12H9NO5S2. The standard InChI is InChI=1S/C12H9NO5S2/c1-18-12(17)9-7(13-10(14)11(15)16)4-8(20-9)6-2-3-19-5-6/h2-5H,1H3,(H,13,14)(H,15,16). The maximum Gasteiger partial charge on any atom is 0.394 e. The number of nitrogens with one attached hydrogen (secondary N) is 1. The molecule has 0 spiro atoms. The van der Waals surface area contributed by atoms with Crippen molar-refractivity contribution in [2.75, 3.05) is 12.4 Å². The third-order valence-electron chi connectivity index (χ3n) is 2.35. The predicted molar refractivity (Wildman–Crippen MR) is 75.2 cm³/mol. The largest absolute Gasteiger partial charge is 0.474 e. The molecule has 2 rings (SSSR count). The molecule has 2 aromatic heterocycles. The van der Waals surface area contributed by atoms with Crippen molar-refractivity contribution in [2.45, 2.75) is 0 Å². The minimum absolute atomic E-state index is 0.135. The second-order valence-corrected chi connectivity index (χ2v) is 5.45. The quantitative estimate of drug-likeness (QED) is 0.670. The van der Waals surface area contributed by atoms with Gasteiger partial charge in [0, 0.05) is 10.4 Å². The van der Waals surface area contributed by atoms with Crippen molar-refractivity contribution in [2.24, 2.45) is 0 Å². The van der Waals surface area contributed by atoms with Crippen LogP contribution in [0.2, 0.25) is 0 Å². The number of carbonyl (C=O) groups is 3. The van der Waals surface area contributed by atoms with Crippen LogP contribution in [0.5, 0.6) is 0 Å². The fourth-order valence-corrected chi connectivity index (χ4v) is 3.21. The van der Waals surface area contributed by atoms with Crippen LogP contribution in [0.15, 0.2) is 22.9 Å². The zero-order chi connectivity index (χ0) is 14.7. The Balaban J connectivity index is 2.40. The number of aliphatic carboxylic acids is 1. The van der Waals surface area contributed by atoms with Crippen LogP contribution in [0.25, 0.3) is 10.4 Å². The van der Waals surface area contributed by atoms with E-state index in [4.69, 9.17) is 5.11 Å². The Labute approximate surface area is 121 Å². The van der Waals surface area contributed by atoms with Crippen molar-refractivity contribution in [3.05, 3.63) is 27.8 Å². The highest BCUT2D eigenvalue weighted by molar-refractivity contribution is 7.18. The fourth-order valence-electron chi connectivity index (χ4n) is 1.45. The van der Waals surface area contributed by atoms with Gasteiger partial charge in [-0.3, -0.25) is 4.79 Å². The number of methoxy groups -OCH3 is 1. The van der Waals surface area contributed by atoms with Crippen molar-refractivity contribution in [1.82, 2.24) is 0 Å². The smallest absolute Gasteiger partial charge is 0.394 e. The van der Waals surface area contributed by atoms with Crippen LogP contribution < -0.4 is 5.32 Å². The summed E-state index contributed by atoms with van der Waals surface area (Å²) in [6.07, 6.45) is 0. The van der Waals surface area contributed by atoms with Crippen LogP contribution in [0.4, 0.5) is 5.69 Å². The van der Waals surface area contributed by atoms with E-state index in [0.717, 1.165) is 21.8 Å². The molecular weight excluding hydrogens is 302 g/mol. The van der Waals surface area contributed by atoms with E-state index in [1.807, 2.05) is 16.8 Å². The average Bonchev–Trinajstić information content (AvgIpc) is 3.06. The number of rotatable bonds is 3. The average molecular weight is 311 g/mol. The lowest BCUT2D eigenvalue weighted by molar-refractivity contribution is -0.147. The monoisotopic (exact) mass is 311 g/mol. The molecule has 2 N–H and O–H groups in total. The normalized spacial score (nSPS) is 10.1. The molecule has 104 valence electrons. The second kappa shape index (κ2) is 5.85. The zero-order valence-corrected chi connectivity index (χ0v) is 11.8. The van der Waals surface area contributed by atoms with Gasteiger partial charge in [-0.25, -0.2) is 9.59 Å². The molecule has 0 aromatic carbocycles. The fraction of sp³-hybridized carbons (Fsp3) is 0.0833. The molecule has 0 aliphatic carbocycles. The summed E-state index contributed by atoms with van der Waals surface area (Å²) < 4.78 is 4.63. The zero-order valence-electron chi connectivity index (χ0n) is 10.2. The lowest BCUT2D eigenvalue weighted by atomic mass is 10.2. The summed E-state index contributed by atoms with van der Waals surface area (Å²) in [7, 11) is 1.22. The van der Waals surface area contributed by atoms with Crippen molar-refractivity contribution < 1.29 is 24.2 Å². The highest BCUT2D eigenvalue weighted by Gasteiger charge is 2.21. The number of carboxylic acids is 1. The lowest BCUT2D eigenvalue weighted by Crippen LogP contribution is -2.22. The molecule has 8 heteroatoms. The van der Waals surface area contributed by atoms with Crippen molar-refractivity contribution in [3.8, 4) is 10.4 Å². The van der Waals surface area contributed by atoms with Crippen LogP contribution in [-0.4, -0.2) is 30.1 Å². The summed E-state index contributed by atoms with van der Waals surface area (Å²) in [5.74, 6) is -3.45. The molecule has 0 aliphatic heterocycles. The van der Waals surface area contributed by atoms with Crippen molar-refractivity contribution in [3.63, 3.8) is 0 Å². The number of ether oxygens (including phenoxy) is 1. The Bertz CT molecular complexity index is 659. The number of carboxylic acid groups (broad SMARTS) is 1. The van der Waals surface area contributed by atoms with Crippen LogP contribution in [0, 0.1) is 0 Å². The number of hydrogen-bond acceptors (Lipinski definition) is 6. The number of carbonyl (C=O) groups excluding carboxylic acids is 2. The van der Waals surface area contributed by atoms with Crippen LogP contribution in [0.1, 0.15) is 9.67 Å². The topological polar surface area (TPSA) is 92.7 Å². The van der Waals surface area contributed by atoms with Gasteiger partial charge in [0.05, 0.1) is 12.8 Å². The van der Waals surface area contributed by atoms with E-state index < -0.39 is 17.8 Å². The maximum atomic E-state index is 11.7. The van der Waals surface area contributed by atoms with Gasteiger partial charge in [0.15, 0.2) is 0 Å². The highest BCUT2D eigenvalue weighted by Crippen LogP contribution is 2.36. The lowest BCUT2D eigenvalue weighted by Gasteiger charge is -2.01. The van der Waals surface area contributed by atoms with Gasteiger partial charge >= 0.3 is 17.8 Å². The summed E-state index contributed by atoms with van der Waals surface area (Å²) in [5.41, 5.74) is 1.02. The van der Waals surface area contributed by atoms with Crippen LogP contribution >= 0.6 is 22.7 Å². The van der Waals surface area contributed by atoms with Gasteiger partial charge in [0.1, 0.15) is 4.88 Å².